The number of hydrogen-bond donors (Lipinski definition) is 0. The summed E-state index contributed by atoms with van der Waals surface area (Å²) in [5.74, 6) is -0.512. The zero-order valence-corrected chi connectivity index (χ0v) is 14.2. The van der Waals surface area contributed by atoms with Crippen LogP contribution in [0.1, 0.15) is 27.2 Å². The first kappa shape index (κ1) is 16.0. The summed E-state index contributed by atoms with van der Waals surface area (Å²) >= 11 is 5.11. The number of carbonyl (C=O) groups is 2. The Morgan fingerprint density at radius 3 is 2.70 bits per heavy atom. The Kier molecular flexibility index (Phi) is 3.91. The van der Waals surface area contributed by atoms with E-state index in [9.17, 15) is 9.59 Å². The third-order valence-electron chi connectivity index (χ3n) is 4.18. The Bertz CT molecular complexity index is 694. The Hall–Kier alpha value is -1.89. The number of ether oxygens (including phenoxy) is 1. The molecule has 6 nitrogen and oxygen atoms in total. The topological polar surface area (TPSA) is 60.8 Å². The van der Waals surface area contributed by atoms with Crippen LogP contribution >= 0.6 is 12.2 Å². The molecule has 23 heavy (non-hydrogen) atoms. The van der Waals surface area contributed by atoms with E-state index in [1.165, 1.54) is 4.73 Å². The molecule has 1 aliphatic carbocycles. The molecule has 3 atom stereocenters. The number of aromatic nitrogens is 1. The van der Waals surface area contributed by atoms with Crippen molar-refractivity contribution >= 4 is 24.3 Å². The molecule has 1 aromatic heterocycles. The van der Waals surface area contributed by atoms with E-state index >= 15 is 0 Å². The molecule has 124 valence electrons. The van der Waals surface area contributed by atoms with Crippen molar-refractivity contribution in [3.63, 3.8) is 0 Å². The lowest BCUT2D eigenvalue weighted by Gasteiger charge is -2.34. The van der Waals surface area contributed by atoms with E-state index in [2.05, 4.69) is 0 Å². The van der Waals surface area contributed by atoms with Gasteiger partial charge in [0.25, 0.3) is 0 Å². The van der Waals surface area contributed by atoms with Gasteiger partial charge in [-0.3, -0.25) is 0 Å². The number of pyridine rings is 1. The van der Waals surface area contributed by atoms with Crippen molar-refractivity contribution in [3.05, 3.63) is 29.0 Å². The number of carbonyl (C=O) groups excluding carboxylic acids is 2. The van der Waals surface area contributed by atoms with Crippen LogP contribution in [0.2, 0.25) is 0 Å². The van der Waals surface area contributed by atoms with Gasteiger partial charge in [-0.15, -0.1) is 0 Å². The Balaban J connectivity index is 1.66. The van der Waals surface area contributed by atoms with Gasteiger partial charge in [0.1, 0.15) is 10.2 Å². The first-order valence-electron chi connectivity index (χ1n) is 7.66. The molecule has 4 rings (SSSR count). The monoisotopic (exact) mass is 336 g/mol. The Morgan fingerprint density at radius 2 is 2.04 bits per heavy atom. The zero-order chi connectivity index (χ0) is 16.8. The predicted octanol–water partition coefficient (Wildman–Crippen LogP) is 2.43. The molecule has 0 radical (unpaired) electrons. The fraction of sp³-hybridized carbons (Fsp3) is 0.562. The second kappa shape index (κ2) is 5.63. The fourth-order valence-electron chi connectivity index (χ4n) is 3.14. The minimum Gasteiger partial charge on any atom is -0.444 e. The minimum atomic E-state index is -0.544. The summed E-state index contributed by atoms with van der Waals surface area (Å²) in [6, 6.07) is 5.07. The Morgan fingerprint density at radius 1 is 1.30 bits per heavy atom. The maximum atomic E-state index is 12.4. The van der Waals surface area contributed by atoms with Crippen molar-refractivity contribution in [1.29, 1.82) is 0 Å². The van der Waals surface area contributed by atoms with Crippen LogP contribution in [0, 0.1) is 16.5 Å². The third kappa shape index (κ3) is 3.10. The predicted molar refractivity (Wildman–Crippen MR) is 85.2 cm³/mol. The summed E-state index contributed by atoms with van der Waals surface area (Å²) in [7, 11) is 0. The third-order valence-corrected chi connectivity index (χ3v) is 4.49. The van der Waals surface area contributed by atoms with Gasteiger partial charge in [-0.2, -0.15) is 4.73 Å². The van der Waals surface area contributed by atoms with Crippen LogP contribution < -0.4 is 4.84 Å². The quantitative estimate of drug-likeness (QED) is 0.776. The fourth-order valence-corrected chi connectivity index (χ4v) is 3.32. The molecule has 0 unspecified atom stereocenters. The molecular formula is C16H20N2O4S. The molecule has 7 heteroatoms. The molecule has 2 bridgehead atoms. The number of amides is 1. The van der Waals surface area contributed by atoms with Gasteiger partial charge in [0, 0.05) is 18.8 Å². The van der Waals surface area contributed by atoms with Crippen LogP contribution in [0.15, 0.2) is 24.4 Å². The van der Waals surface area contributed by atoms with E-state index < -0.39 is 5.60 Å². The number of fused-ring (bicyclic) bond motifs is 1. The van der Waals surface area contributed by atoms with Gasteiger partial charge in [0.15, 0.2) is 0 Å². The van der Waals surface area contributed by atoms with Crippen molar-refractivity contribution in [1.82, 2.24) is 9.63 Å². The van der Waals surface area contributed by atoms with Gasteiger partial charge < -0.3 is 14.5 Å². The summed E-state index contributed by atoms with van der Waals surface area (Å²) in [5.41, 5.74) is -0.544. The van der Waals surface area contributed by atoms with E-state index in [4.69, 9.17) is 21.8 Å². The highest BCUT2D eigenvalue weighted by molar-refractivity contribution is 7.71. The smallest absolute Gasteiger partial charge is 0.410 e. The largest absolute Gasteiger partial charge is 0.444 e. The lowest BCUT2D eigenvalue weighted by atomic mass is 9.74. The summed E-state index contributed by atoms with van der Waals surface area (Å²) in [6.07, 6.45) is 2.06. The maximum Gasteiger partial charge on any atom is 0.410 e. The normalized spacial score (nSPS) is 25.7. The van der Waals surface area contributed by atoms with Crippen LogP contribution in [0.5, 0.6) is 0 Å². The summed E-state index contributed by atoms with van der Waals surface area (Å²) < 4.78 is 7.11. The molecule has 2 saturated heterocycles. The summed E-state index contributed by atoms with van der Waals surface area (Å²) in [6.45, 7) is 6.02. The first-order chi connectivity index (χ1) is 10.8. The molecule has 1 saturated carbocycles. The van der Waals surface area contributed by atoms with E-state index in [-0.39, 0.29) is 29.9 Å². The molecule has 3 heterocycles. The minimum absolute atomic E-state index is 0.137. The van der Waals surface area contributed by atoms with E-state index in [0.29, 0.717) is 11.2 Å². The average Bonchev–Trinajstić information content (AvgIpc) is 2.98. The lowest BCUT2D eigenvalue weighted by molar-refractivity contribution is -0.155. The molecule has 3 aliphatic rings. The van der Waals surface area contributed by atoms with Crippen LogP contribution in [-0.4, -0.2) is 39.9 Å². The molecular weight excluding hydrogens is 316 g/mol. The molecule has 0 aromatic carbocycles. The molecule has 0 N–H and O–H groups in total. The van der Waals surface area contributed by atoms with Crippen molar-refractivity contribution in [3.8, 4) is 0 Å². The lowest BCUT2D eigenvalue weighted by Crippen LogP contribution is -2.48. The van der Waals surface area contributed by atoms with Crippen LogP contribution in [0.3, 0.4) is 0 Å². The first-order valence-corrected chi connectivity index (χ1v) is 8.06. The van der Waals surface area contributed by atoms with Crippen LogP contribution in [0.4, 0.5) is 4.79 Å². The summed E-state index contributed by atoms with van der Waals surface area (Å²) in [5, 5.41) is 0. The average molecular weight is 336 g/mol. The van der Waals surface area contributed by atoms with Crippen molar-refractivity contribution in [2.24, 2.45) is 11.8 Å². The highest BCUT2D eigenvalue weighted by Crippen LogP contribution is 2.47. The van der Waals surface area contributed by atoms with Crippen LogP contribution in [-0.2, 0) is 9.53 Å². The second-order valence-electron chi connectivity index (χ2n) is 7.00. The standard InChI is InChI=1S/C16H20N2O4S/c1-16(2,3)21-15(20)17-9-10-8-11(17)13(10)14(19)22-18-7-5-4-6-12(18)23/h4-7,10-11,13H,8-9H2,1-3H3/t10-,11-,13+/m1/s1. The number of nitrogens with zero attached hydrogens (tertiary/aromatic N) is 2. The molecule has 3 fully saturated rings. The van der Waals surface area contributed by atoms with Crippen molar-refractivity contribution < 1.29 is 19.2 Å². The molecule has 1 aromatic rings. The van der Waals surface area contributed by atoms with Gasteiger partial charge in [0.05, 0.1) is 5.92 Å². The van der Waals surface area contributed by atoms with E-state index in [1.54, 1.807) is 29.3 Å². The molecule has 1 amide bonds. The number of hydrogen-bond acceptors (Lipinski definition) is 5. The van der Waals surface area contributed by atoms with E-state index in [0.717, 1.165) is 6.42 Å². The van der Waals surface area contributed by atoms with Gasteiger partial charge in [-0.05, 0) is 45.2 Å². The molecule has 0 spiro atoms. The van der Waals surface area contributed by atoms with Crippen molar-refractivity contribution in [2.75, 3.05) is 6.54 Å². The highest BCUT2D eigenvalue weighted by atomic mass is 32.1. The Labute approximate surface area is 139 Å². The van der Waals surface area contributed by atoms with Crippen LogP contribution in [0.25, 0.3) is 0 Å². The van der Waals surface area contributed by atoms with Gasteiger partial charge in [-0.1, -0.05) is 18.3 Å². The second-order valence-corrected chi connectivity index (χ2v) is 7.41. The SMILES string of the molecule is CC(C)(C)OC(=O)N1C[C@H]2C[C@@H]1[C@H]2C(=O)On1ccccc1=S. The maximum absolute atomic E-state index is 12.4. The highest BCUT2D eigenvalue weighted by Gasteiger charge is 2.58. The van der Waals surface area contributed by atoms with E-state index in [1.807, 2.05) is 20.8 Å². The van der Waals surface area contributed by atoms with Crippen molar-refractivity contribution in [2.45, 2.75) is 38.8 Å². The van der Waals surface area contributed by atoms with Gasteiger partial charge in [-0.25, -0.2) is 9.59 Å². The molecule has 2 aliphatic heterocycles. The summed E-state index contributed by atoms with van der Waals surface area (Å²) in [4.78, 5) is 31.6. The number of rotatable bonds is 2. The van der Waals surface area contributed by atoms with Gasteiger partial charge in [0.2, 0.25) is 0 Å². The van der Waals surface area contributed by atoms with Gasteiger partial charge >= 0.3 is 12.1 Å². The zero-order valence-electron chi connectivity index (χ0n) is 13.4.